The van der Waals surface area contributed by atoms with Crippen LogP contribution in [0.4, 0.5) is 0 Å². The van der Waals surface area contributed by atoms with E-state index in [1.807, 2.05) is 0 Å². The Morgan fingerprint density at radius 2 is 2.00 bits per heavy atom. The van der Waals surface area contributed by atoms with Crippen molar-refractivity contribution in [3.8, 4) is 0 Å². The van der Waals surface area contributed by atoms with Gasteiger partial charge in [0, 0.05) is 18.6 Å². The lowest BCUT2D eigenvalue weighted by Crippen LogP contribution is -2.58. The highest BCUT2D eigenvalue weighted by atomic mass is 15.2. The van der Waals surface area contributed by atoms with E-state index in [2.05, 4.69) is 18.9 Å². The van der Waals surface area contributed by atoms with Gasteiger partial charge in [0.2, 0.25) is 0 Å². The van der Waals surface area contributed by atoms with E-state index in [1.165, 1.54) is 51.5 Å². The fourth-order valence-corrected chi connectivity index (χ4v) is 3.68. The van der Waals surface area contributed by atoms with Gasteiger partial charge in [-0.05, 0) is 44.6 Å². The minimum atomic E-state index is 0.329. The Morgan fingerprint density at radius 3 is 2.56 bits per heavy atom. The summed E-state index contributed by atoms with van der Waals surface area (Å²) in [4.78, 5) is 2.62. The molecule has 2 N–H and O–H groups in total. The molecule has 2 saturated carbocycles. The summed E-state index contributed by atoms with van der Waals surface area (Å²) in [6, 6.07) is 0. The Kier molecular flexibility index (Phi) is 3.91. The van der Waals surface area contributed by atoms with E-state index in [4.69, 9.17) is 5.73 Å². The van der Waals surface area contributed by atoms with Gasteiger partial charge in [-0.15, -0.1) is 0 Å². The normalized spacial score (nSPS) is 35.6. The highest BCUT2D eigenvalue weighted by Gasteiger charge is 2.43. The molecule has 0 bridgehead atoms. The van der Waals surface area contributed by atoms with Crippen LogP contribution < -0.4 is 5.73 Å². The van der Waals surface area contributed by atoms with Gasteiger partial charge in [0.25, 0.3) is 0 Å². The fourth-order valence-electron chi connectivity index (χ4n) is 3.68. The molecule has 0 heterocycles. The molecular weight excluding hydrogens is 196 g/mol. The maximum atomic E-state index is 6.16. The summed E-state index contributed by atoms with van der Waals surface area (Å²) in [6.07, 6.45) is 9.70. The molecule has 94 valence electrons. The lowest BCUT2D eigenvalue weighted by atomic mass is 9.70. The zero-order chi connectivity index (χ0) is 11.6. The highest BCUT2D eigenvalue weighted by Crippen LogP contribution is 2.41. The monoisotopic (exact) mass is 224 g/mol. The van der Waals surface area contributed by atoms with Crippen LogP contribution in [0.1, 0.15) is 51.9 Å². The van der Waals surface area contributed by atoms with Crippen molar-refractivity contribution in [1.82, 2.24) is 4.90 Å². The predicted octanol–water partition coefficient (Wildman–Crippen LogP) is 2.63. The first-order valence-corrected chi connectivity index (χ1v) is 7.14. The van der Waals surface area contributed by atoms with Crippen LogP contribution >= 0.6 is 0 Å². The standard InChI is InChI=1S/C14H28N2/c1-3-13-6-4-5-9-14(13,11-15)16(2)10-12-7-8-12/h12-13H,3-11,15H2,1-2H3. The largest absolute Gasteiger partial charge is 0.329 e. The third-order valence-electron chi connectivity index (χ3n) is 5.01. The molecule has 2 atom stereocenters. The molecule has 0 aliphatic heterocycles. The average molecular weight is 224 g/mol. The van der Waals surface area contributed by atoms with Crippen molar-refractivity contribution in [1.29, 1.82) is 0 Å². The number of rotatable bonds is 5. The lowest BCUT2D eigenvalue weighted by Gasteiger charge is -2.50. The zero-order valence-corrected chi connectivity index (χ0v) is 11.0. The summed E-state index contributed by atoms with van der Waals surface area (Å²) in [6.45, 7) is 4.48. The van der Waals surface area contributed by atoms with Crippen LogP contribution in [0.25, 0.3) is 0 Å². The van der Waals surface area contributed by atoms with Crippen LogP contribution in [0.2, 0.25) is 0 Å². The van der Waals surface area contributed by atoms with Gasteiger partial charge in [-0.2, -0.15) is 0 Å². The van der Waals surface area contributed by atoms with E-state index in [-0.39, 0.29) is 0 Å². The first-order chi connectivity index (χ1) is 7.73. The fraction of sp³-hybridized carbons (Fsp3) is 1.00. The maximum absolute atomic E-state index is 6.16. The van der Waals surface area contributed by atoms with Gasteiger partial charge >= 0.3 is 0 Å². The quantitative estimate of drug-likeness (QED) is 0.778. The van der Waals surface area contributed by atoms with Crippen LogP contribution in [0.3, 0.4) is 0 Å². The van der Waals surface area contributed by atoms with Crippen molar-refractivity contribution in [3.63, 3.8) is 0 Å². The van der Waals surface area contributed by atoms with E-state index in [0.29, 0.717) is 5.54 Å². The summed E-state index contributed by atoms with van der Waals surface area (Å²) in [5, 5.41) is 0. The summed E-state index contributed by atoms with van der Waals surface area (Å²) < 4.78 is 0. The number of likely N-dealkylation sites (N-methyl/N-ethyl adjacent to an activating group) is 1. The molecule has 0 aromatic heterocycles. The topological polar surface area (TPSA) is 29.3 Å². The van der Waals surface area contributed by atoms with Crippen LogP contribution in [0.15, 0.2) is 0 Å². The molecular formula is C14H28N2. The molecule has 0 aromatic rings. The Morgan fingerprint density at radius 1 is 1.25 bits per heavy atom. The van der Waals surface area contributed by atoms with Gasteiger partial charge in [0.1, 0.15) is 0 Å². The Hall–Kier alpha value is -0.0800. The van der Waals surface area contributed by atoms with Gasteiger partial charge in [0.05, 0.1) is 0 Å². The summed E-state index contributed by atoms with van der Waals surface area (Å²) >= 11 is 0. The van der Waals surface area contributed by atoms with Crippen molar-refractivity contribution >= 4 is 0 Å². The lowest BCUT2D eigenvalue weighted by molar-refractivity contribution is 0.0203. The number of nitrogens with two attached hydrogens (primary N) is 1. The number of nitrogens with zero attached hydrogens (tertiary/aromatic N) is 1. The molecule has 2 unspecified atom stereocenters. The maximum Gasteiger partial charge on any atom is 0.0356 e. The third kappa shape index (κ3) is 2.28. The second-order valence-electron chi connectivity index (χ2n) is 5.98. The van der Waals surface area contributed by atoms with E-state index in [9.17, 15) is 0 Å². The third-order valence-corrected chi connectivity index (χ3v) is 5.01. The number of hydrogen-bond donors (Lipinski definition) is 1. The van der Waals surface area contributed by atoms with Crippen molar-refractivity contribution in [2.24, 2.45) is 17.6 Å². The van der Waals surface area contributed by atoms with Gasteiger partial charge in [-0.1, -0.05) is 26.2 Å². The molecule has 2 heteroatoms. The van der Waals surface area contributed by atoms with E-state index in [1.54, 1.807) is 0 Å². The molecule has 2 nitrogen and oxygen atoms in total. The zero-order valence-electron chi connectivity index (χ0n) is 11.0. The first kappa shape index (κ1) is 12.4. The van der Waals surface area contributed by atoms with Gasteiger partial charge < -0.3 is 5.73 Å². The van der Waals surface area contributed by atoms with Crippen molar-refractivity contribution in [3.05, 3.63) is 0 Å². The Bertz CT molecular complexity index is 225. The summed E-state index contributed by atoms with van der Waals surface area (Å²) in [7, 11) is 2.32. The molecule has 2 fully saturated rings. The van der Waals surface area contributed by atoms with E-state index < -0.39 is 0 Å². The summed E-state index contributed by atoms with van der Waals surface area (Å²) in [5.41, 5.74) is 6.49. The molecule has 2 rings (SSSR count). The summed E-state index contributed by atoms with van der Waals surface area (Å²) in [5.74, 6) is 1.81. The van der Waals surface area contributed by atoms with Crippen molar-refractivity contribution < 1.29 is 0 Å². The Balaban J connectivity index is 2.06. The van der Waals surface area contributed by atoms with Crippen LogP contribution in [-0.2, 0) is 0 Å². The van der Waals surface area contributed by atoms with Crippen molar-refractivity contribution in [2.75, 3.05) is 20.1 Å². The second-order valence-corrected chi connectivity index (χ2v) is 5.98. The molecule has 0 radical (unpaired) electrons. The molecule has 2 aliphatic rings. The van der Waals surface area contributed by atoms with E-state index in [0.717, 1.165) is 18.4 Å². The smallest absolute Gasteiger partial charge is 0.0356 e. The molecule has 0 saturated heterocycles. The molecule has 16 heavy (non-hydrogen) atoms. The molecule has 0 amide bonds. The van der Waals surface area contributed by atoms with Gasteiger partial charge in [-0.25, -0.2) is 0 Å². The van der Waals surface area contributed by atoms with Crippen LogP contribution in [-0.4, -0.2) is 30.6 Å². The van der Waals surface area contributed by atoms with Crippen molar-refractivity contribution in [2.45, 2.75) is 57.4 Å². The van der Waals surface area contributed by atoms with Gasteiger partial charge in [0.15, 0.2) is 0 Å². The highest BCUT2D eigenvalue weighted by molar-refractivity contribution is 4.99. The Labute approximate surface area is 101 Å². The average Bonchev–Trinajstić information content (AvgIpc) is 3.12. The SMILES string of the molecule is CCC1CCCCC1(CN)N(C)CC1CC1. The molecule has 2 aliphatic carbocycles. The van der Waals surface area contributed by atoms with Crippen LogP contribution in [0, 0.1) is 11.8 Å². The predicted molar refractivity (Wildman–Crippen MR) is 69.4 cm³/mol. The minimum absolute atomic E-state index is 0.329. The second kappa shape index (κ2) is 5.05. The van der Waals surface area contributed by atoms with Crippen LogP contribution in [0.5, 0.6) is 0 Å². The molecule has 0 spiro atoms. The first-order valence-electron chi connectivity index (χ1n) is 7.14. The minimum Gasteiger partial charge on any atom is -0.329 e. The molecule has 0 aromatic carbocycles. The van der Waals surface area contributed by atoms with Gasteiger partial charge in [-0.3, -0.25) is 4.90 Å². The van der Waals surface area contributed by atoms with E-state index >= 15 is 0 Å². The number of hydrogen-bond acceptors (Lipinski definition) is 2.